The molecule has 0 heteroatoms. The Morgan fingerprint density at radius 1 is 1.30 bits per heavy atom. The Bertz CT molecular complexity index is 144. The molecule has 0 saturated carbocycles. The molecule has 0 rings (SSSR count). The van der Waals surface area contributed by atoms with Crippen LogP contribution in [0.25, 0.3) is 0 Å². The first-order valence-corrected chi connectivity index (χ1v) is 3.67. The fourth-order valence-corrected chi connectivity index (χ4v) is 0.556. The maximum atomic E-state index is 5.07. The van der Waals surface area contributed by atoms with E-state index in [2.05, 4.69) is 31.1 Å². The van der Waals surface area contributed by atoms with Crippen LogP contribution in [0.2, 0.25) is 0 Å². The lowest BCUT2D eigenvalue weighted by molar-refractivity contribution is 1.09. The van der Waals surface area contributed by atoms with Crippen molar-refractivity contribution in [2.75, 3.05) is 0 Å². The second-order valence-electron chi connectivity index (χ2n) is 2.01. The number of rotatable bonds is 4. The highest BCUT2D eigenvalue weighted by Crippen LogP contribution is 1.89. The third-order valence-corrected chi connectivity index (χ3v) is 1.07. The van der Waals surface area contributed by atoms with E-state index in [0.717, 1.165) is 19.3 Å². The molecule has 10 heavy (non-hydrogen) atoms. The van der Waals surface area contributed by atoms with E-state index in [1.165, 1.54) is 0 Å². The molecule has 0 saturated heterocycles. The quantitative estimate of drug-likeness (QED) is 0.315. The van der Waals surface area contributed by atoms with Crippen molar-refractivity contribution in [1.29, 1.82) is 0 Å². The maximum absolute atomic E-state index is 5.07. The summed E-state index contributed by atoms with van der Waals surface area (Å²) in [5.74, 6) is 2.58. The molecule has 54 valence electrons. The van der Waals surface area contributed by atoms with Gasteiger partial charge in [0.05, 0.1) is 0 Å². The summed E-state index contributed by atoms with van der Waals surface area (Å²) >= 11 is 0. The molecule has 0 aromatic carbocycles. The Labute approximate surface area is 63.6 Å². The summed E-state index contributed by atoms with van der Waals surface area (Å²) in [4.78, 5) is 0. The molecule has 0 atom stereocenters. The Hall–Kier alpha value is -0.960. The minimum atomic E-state index is 0.844. The van der Waals surface area contributed by atoms with E-state index in [-0.39, 0.29) is 0 Å². The molecule has 0 unspecified atom stereocenters. The third-order valence-electron chi connectivity index (χ3n) is 1.07. The van der Waals surface area contributed by atoms with Gasteiger partial charge >= 0.3 is 0 Å². The first kappa shape index (κ1) is 9.04. The zero-order chi connectivity index (χ0) is 7.66. The van der Waals surface area contributed by atoms with Gasteiger partial charge in [-0.25, -0.2) is 0 Å². The van der Waals surface area contributed by atoms with Gasteiger partial charge in [-0.1, -0.05) is 31.2 Å². The first-order valence-electron chi connectivity index (χ1n) is 3.67. The lowest BCUT2D eigenvalue weighted by atomic mass is 10.3. The third kappa shape index (κ3) is 7.04. The van der Waals surface area contributed by atoms with Crippen LogP contribution >= 0.6 is 0 Å². The molecular weight excluding hydrogens is 120 g/mol. The van der Waals surface area contributed by atoms with Crippen molar-refractivity contribution >= 4 is 0 Å². The van der Waals surface area contributed by atoms with E-state index >= 15 is 0 Å². The molecule has 0 nitrogen and oxygen atoms in total. The Morgan fingerprint density at radius 2 is 2.00 bits per heavy atom. The van der Waals surface area contributed by atoms with Gasteiger partial charge in [0.15, 0.2) is 0 Å². The van der Waals surface area contributed by atoms with Crippen LogP contribution in [0.4, 0.5) is 0 Å². The molecule has 0 radical (unpaired) electrons. The zero-order valence-electron chi connectivity index (χ0n) is 6.51. The van der Waals surface area contributed by atoms with E-state index in [9.17, 15) is 0 Å². The van der Waals surface area contributed by atoms with Gasteiger partial charge in [-0.15, -0.1) is 12.3 Å². The van der Waals surface area contributed by atoms with E-state index in [0.29, 0.717) is 0 Å². The van der Waals surface area contributed by atoms with Crippen LogP contribution in [0.5, 0.6) is 0 Å². The maximum Gasteiger partial charge on any atom is 0.0121 e. The molecule has 0 aromatic rings. The van der Waals surface area contributed by atoms with Crippen LogP contribution in [0.3, 0.4) is 0 Å². The van der Waals surface area contributed by atoms with Crippen molar-refractivity contribution in [3.63, 3.8) is 0 Å². The molecule has 0 aliphatic carbocycles. The van der Waals surface area contributed by atoms with Crippen molar-refractivity contribution in [2.24, 2.45) is 0 Å². The van der Waals surface area contributed by atoms with Crippen molar-refractivity contribution in [1.82, 2.24) is 0 Å². The van der Waals surface area contributed by atoms with Crippen LogP contribution in [0.15, 0.2) is 24.3 Å². The topological polar surface area (TPSA) is 0 Å². The van der Waals surface area contributed by atoms with E-state index in [1.807, 2.05) is 6.08 Å². The summed E-state index contributed by atoms with van der Waals surface area (Å²) in [5.41, 5.74) is 0. The average molecular weight is 134 g/mol. The summed E-state index contributed by atoms with van der Waals surface area (Å²) in [6.45, 7) is 2.12. The number of hydrogen-bond acceptors (Lipinski definition) is 0. The minimum absolute atomic E-state index is 0.844. The van der Waals surface area contributed by atoms with Crippen LogP contribution in [0.1, 0.15) is 26.2 Å². The molecule has 0 heterocycles. The highest BCUT2D eigenvalue weighted by Gasteiger charge is 1.71. The highest BCUT2D eigenvalue weighted by atomic mass is 13.8. The van der Waals surface area contributed by atoms with E-state index in [4.69, 9.17) is 6.42 Å². The molecule has 0 aliphatic heterocycles. The molecule has 0 fully saturated rings. The molecule has 0 amide bonds. The minimum Gasteiger partial charge on any atom is -0.120 e. The summed E-state index contributed by atoms with van der Waals surface area (Å²) in [5, 5.41) is 0. The van der Waals surface area contributed by atoms with Crippen molar-refractivity contribution in [2.45, 2.75) is 26.2 Å². The lowest BCUT2D eigenvalue weighted by Crippen LogP contribution is -1.61. The molecule has 0 N–H and O–H groups in total. The van der Waals surface area contributed by atoms with E-state index in [1.54, 1.807) is 0 Å². The van der Waals surface area contributed by atoms with Crippen LogP contribution in [-0.4, -0.2) is 0 Å². The lowest BCUT2D eigenvalue weighted by Gasteiger charge is -1.79. The molecule has 0 aromatic heterocycles. The Balaban J connectivity index is 3.22. The van der Waals surface area contributed by atoms with E-state index < -0.39 is 0 Å². The first-order chi connectivity index (χ1) is 4.91. The van der Waals surface area contributed by atoms with Crippen LogP contribution in [-0.2, 0) is 0 Å². The van der Waals surface area contributed by atoms with Gasteiger partial charge in [0.1, 0.15) is 0 Å². The molecule has 0 aliphatic rings. The van der Waals surface area contributed by atoms with Gasteiger partial charge < -0.3 is 0 Å². The van der Waals surface area contributed by atoms with Gasteiger partial charge in [-0.2, -0.15) is 0 Å². The van der Waals surface area contributed by atoms with Gasteiger partial charge in [-0.3, -0.25) is 0 Å². The zero-order valence-corrected chi connectivity index (χ0v) is 6.51. The van der Waals surface area contributed by atoms with Crippen molar-refractivity contribution in [3.8, 4) is 12.3 Å². The highest BCUT2D eigenvalue weighted by molar-refractivity contribution is 5.03. The largest absolute Gasteiger partial charge is 0.120 e. The molecular formula is C10H14. The van der Waals surface area contributed by atoms with Gasteiger partial charge in [0.2, 0.25) is 0 Å². The fraction of sp³-hybridized carbons (Fsp3) is 0.400. The SMILES string of the molecule is C#CCCC=CC=CCC. The number of unbranched alkanes of at least 4 members (excludes halogenated alkanes) is 1. The van der Waals surface area contributed by atoms with Crippen LogP contribution in [0, 0.1) is 12.3 Å². The van der Waals surface area contributed by atoms with Gasteiger partial charge in [-0.05, 0) is 12.8 Å². The number of allylic oxidation sites excluding steroid dienone is 4. The summed E-state index contributed by atoms with van der Waals surface area (Å²) in [6, 6.07) is 0. The van der Waals surface area contributed by atoms with Gasteiger partial charge in [0.25, 0.3) is 0 Å². The second-order valence-corrected chi connectivity index (χ2v) is 2.01. The molecule has 0 bridgehead atoms. The number of terminal acetylenes is 1. The summed E-state index contributed by atoms with van der Waals surface area (Å²) < 4.78 is 0. The molecule has 0 spiro atoms. The smallest absolute Gasteiger partial charge is 0.0121 e. The monoisotopic (exact) mass is 134 g/mol. The summed E-state index contributed by atoms with van der Waals surface area (Å²) in [6.07, 6.45) is 16.3. The second kappa shape index (κ2) is 8.04. The standard InChI is InChI=1S/C10H14/c1-3-5-7-9-10-8-6-4-2/h1,6,8-10H,4-5,7H2,2H3. The average Bonchev–Trinajstić information content (AvgIpc) is 1.97. The van der Waals surface area contributed by atoms with Crippen LogP contribution < -0.4 is 0 Å². The summed E-state index contributed by atoms with van der Waals surface area (Å²) in [7, 11) is 0. The Kier molecular flexibility index (Phi) is 7.27. The van der Waals surface area contributed by atoms with Crippen molar-refractivity contribution < 1.29 is 0 Å². The Morgan fingerprint density at radius 3 is 2.60 bits per heavy atom. The predicted octanol–water partition coefficient (Wildman–Crippen LogP) is 2.92. The van der Waals surface area contributed by atoms with Crippen molar-refractivity contribution in [3.05, 3.63) is 24.3 Å². The fourth-order valence-electron chi connectivity index (χ4n) is 0.556. The van der Waals surface area contributed by atoms with Gasteiger partial charge in [0, 0.05) is 6.42 Å². The normalized spacial score (nSPS) is 10.8. The number of hydrogen-bond donors (Lipinski definition) is 0. The predicted molar refractivity (Wildman–Crippen MR) is 46.6 cm³/mol.